The second-order valence-corrected chi connectivity index (χ2v) is 8.97. The topological polar surface area (TPSA) is 64.2 Å². The first-order valence-electron chi connectivity index (χ1n) is 11.0. The van der Waals surface area contributed by atoms with E-state index >= 15 is 0 Å². The molecule has 0 saturated heterocycles. The van der Waals surface area contributed by atoms with Crippen molar-refractivity contribution in [1.29, 1.82) is 0 Å². The average Bonchev–Trinajstić information content (AvgIpc) is 3.09. The molecule has 0 radical (unpaired) electrons. The Bertz CT molecular complexity index is 1190. The van der Waals surface area contributed by atoms with Crippen molar-refractivity contribution in [2.24, 2.45) is 0 Å². The summed E-state index contributed by atoms with van der Waals surface area (Å²) in [6, 6.07) is 12.4. The molecule has 0 bridgehead atoms. The first-order chi connectivity index (χ1) is 15.5. The van der Waals surface area contributed by atoms with Gasteiger partial charge in [0.2, 0.25) is 5.76 Å². The zero-order chi connectivity index (χ0) is 22.8. The molecule has 6 nitrogen and oxygen atoms in total. The first kappa shape index (κ1) is 22.6. The van der Waals surface area contributed by atoms with Crippen LogP contribution in [0.1, 0.15) is 48.0 Å². The van der Waals surface area contributed by atoms with Crippen molar-refractivity contribution in [3.63, 3.8) is 0 Å². The third kappa shape index (κ3) is 4.07. The number of hydrogen-bond donors (Lipinski definition) is 1. The zero-order valence-corrected chi connectivity index (χ0v) is 20.2. The molecule has 0 spiro atoms. The van der Waals surface area contributed by atoms with Crippen LogP contribution in [0, 0.1) is 0 Å². The summed E-state index contributed by atoms with van der Waals surface area (Å²) in [5.41, 5.74) is 1.55. The maximum atomic E-state index is 13.6. The molecule has 1 aliphatic rings. The van der Waals surface area contributed by atoms with Crippen molar-refractivity contribution >= 4 is 32.8 Å². The molecule has 1 aromatic heterocycles. The van der Waals surface area contributed by atoms with E-state index in [0.29, 0.717) is 23.1 Å². The van der Waals surface area contributed by atoms with Crippen molar-refractivity contribution in [3.05, 3.63) is 74.0 Å². The molecule has 32 heavy (non-hydrogen) atoms. The molecule has 7 heteroatoms. The van der Waals surface area contributed by atoms with Gasteiger partial charge >= 0.3 is 0 Å². The van der Waals surface area contributed by atoms with E-state index < -0.39 is 6.04 Å². The minimum absolute atomic E-state index is 0.154. The molecule has 1 aliphatic heterocycles. The summed E-state index contributed by atoms with van der Waals surface area (Å²) in [5.74, 6) is 0.655. The van der Waals surface area contributed by atoms with E-state index in [2.05, 4.69) is 29.8 Å². The van der Waals surface area contributed by atoms with Gasteiger partial charge in [0.1, 0.15) is 11.3 Å². The van der Waals surface area contributed by atoms with Crippen LogP contribution in [0.3, 0.4) is 0 Å². The van der Waals surface area contributed by atoms with Crippen LogP contribution in [0.4, 0.5) is 0 Å². The lowest BCUT2D eigenvalue weighted by molar-refractivity contribution is -0.896. The Hall–Kier alpha value is -2.64. The third-order valence-corrected chi connectivity index (χ3v) is 6.78. The summed E-state index contributed by atoms with van der Waals surface area (Å²) >= 11 is 3.43. The number of fused-ring (bicyclic) bond motifs is 2. The maximum absolute atomic E-state index is 13.6. The minimum Gasteiger partial charge on any atom is -0.497 e. The highest BCUT2D eigenvalue weighted by molar-refractivity contribution is 9.10. The van der Waals surface area contributed by atoms with Gasteiger partial charge in [0.05, 0.1) is 43.7 Å². The molecule has 1 atom stereocenters. The second kappa shape index (κ2) is 9.46. The van der Waals surface area contributed by atoms with Crippen LogP contribution in [0.2, 0.25) is 0 Å². The summed E-state index contributed by atoms with van der Waals surface area (Å²) in [7, 11) is 1.61. The fraction of sp³-hybridized carbons (Fsp3) is 0.360. The van der Waals surface area contributed by atoms with E-state index in [1.54, 1.807) is 24.1 Å². The van der Waals surface area contributed by atoms with Gasteiger partial charge in [0, 0.05) is 17.4 Å². The van der Waals surface area contributed by atoms with Crippen LogP contribution in [0.5, 0.6) is 5.75 Å². The zero-order valence-electron chi connectivity index (χ0n) is 18.6. The number of amides is 1. The molecule has 1 N–H and O–H groups in total. The third-order valence-electron chi connectivity index (χ3n) is 6.29. The molecule has 0 unspecified atom stereocenters. The number of hydrogen-bond acceptors (Lipinski definition) is 4. The number of nitrogens with one attached hydrogen (secondary N) is 1. The molecule has 4 rings (SSSR count). The van der Waals surface area contributed by atoms with Gasteiger partial charge in [-0.3, -0.25) is 9.59 Å². The van der Waals surface area contributed by atoms with Gasteiger partial charge in [0.15, 0.2) is 5.43 Å². The predicted molar refractivity (Wildman–Crippen MR) is 128 cm³/mol. The number of ether oxygens (including phenoxy) is 1. The van der Waals surface area contributed by atoms with Crippen molar-refractivity contribution < 1.29 is 18.8 Å². The molecule has 3 aromatic rings. The number of quaternary nitrogens is 1. The van der Waals surface area contributed by atoms with Gasteiger partial charge in [-0.15, -0.1) is 0 Å². The van der Waals surface area contributed by atoms with Gasteiger partial charge in [-0.1, -0.05) is 28.1 Å². The highest BCUT2D eigenvalue weighted by Gasteiger charge is 2.42. The summed E-state index contributed by atoms with van der Waals surface area (Å²) in [5, 5.41) is 0.471. The molecule has 0 fully saturated rings. The molecule has 1 amide bonds. The highest BCUT2D eigenvalue weighted by atomic mass is 79.9. The Morgan fingerprint density at radius 3 is 2.47 bits per heavy atom. The summed E-state index contributed by atoms with van der Waals surface area (Å²) < 4.78 is 12.1. The quantitative estimate of drug-likeness (QED) is 0.515. The Morgan fingerprint density at radius 2 is 1.81 bits per heavy atom. The predicted octanol–water partition coefficient (Wildman–Crippen LogP) is 3.42. The SMILES string of the molecule is CC[NH+](CC)CCCN1C(=O)c2oc3ccc(Br)cc3c(=O)c2[C@@H]1c1ccc(OC)cc1. The Labute approximate surface area is 195 Å². The fourth-order valence-electron chi connectivity index (χ4n) is 4.46. The van der Waals surface area contributed by atoms with Crippen molar-refractivity contribution in [3.8, 4) is 5.75 Å². The lowest BCUT2D eigenvalue weighted by Gasteiger charge is -2.26. The van der Waals surface area contributed by atoms with Crippen LogP contribution < -0.4 is 15.1 Å². The van der Waals surface area contributed by atoms with Crippen molar-refractivity contribution in [2.45, 2.75) is 26.3 Å². The lowest BCUT2D eigenvalue weighted by Crippen LogP contribution is -3.11. The summed E-state index contributed by atoms with van der Waals surface area (Å²) in [4.78, 5) is 30.3. The number of carbonyl (C=O) groups excluding carboxylic acids is 1. The van der Waals surface area contributed by atoms with Gasteiger partial charge in [-0.2, -0.15) is 0 Å². The number of rotatable bonds is 8. The van der Waals surface area contributed by atoms with Gasteiger partial charge in [-0.25, -0.2) is 0 Å². The Morgan fingerprint density at radius 1 is 1.09 bits per heavy atom. The van der Waals surface area contributed by atoms with Crippen LogP contribution in [-0.4, -0.2) is 44.1 Å². The van der Waals surface area contributed by atoms with Gasteiger partial charge in [-0.05, 0) is 49.7 Å². The summed E-state index contributed by atoms with van der Waals surface area (Å²) in [6.07, 6.45) is 0.850. The normalized spacial score (nSPS) is 15.6. The monoisotopic (exact) mass is 499 g/mol. The molecule has 2 aromatic carbocycles. The molecule has 2 heterocycles. The van der Waals surface area contributed by atoms with Gasteiger partial charge in [0.25, 0.3) is 5.91 Å². The van der Waals surface area contributed by atoms with E-state index in [1.165, 1.54) is 4.90 Å². The van der Waals surface area contributed by atoms with Crippen LogP contribution in [-0.2, 0) is 0 Å². The molecule has 0 saturated carbocycles. The van der Waals surface area contributed by atoms with Crippen LogP contribution in [0.25, 0.3) is 11.0 Å². The smallest absolute Gasteiger partial charge is 0.290 e. The average molecular weight is 500 g/mol. The van der Waals surface area contributed by atoms with Crippen molar-refractivity contribution in [1.82, 2.24) is 4.90 Å². The van der Waals surface area contributed by atoms with E-state index in [1.807, 2.05) is 30.3 Å². The standard InChI is InChI=1S/C25H27BrN2O4/c1-4-27(5-2)13-6-14-28-22(16-7-10-18(31-3)11-8-16)21-23(29)19-15-17(26)9-12-20(19)32-24(21)25(28)30/h7-12,15,22H,4-6,13-14H2,1-3H3/p+1/t22-/m0/s1. The van der Waals surface area contributed by atoms with Crippen LogP contribution in [0.15, 0.2) is 56.1 Å². The number of methoxy groups -OCH3 is 1. The largest absolute Gasteiger partial charge is 0.497 e. The fourth-order valence-corrected chi connectivity index (χ4v) is 4.82. The van der Waals surface area contributed by atoms with E-state index in [-0.39, 0.29) is 17.1 Å². The molecule has 168 valence electrons. The Balaban J connectivity index is 1.79. The Kier molecular flexibility index (Phi) is 6.67. The number of carbonyl (C=O) groups is 1. The molecular weight excluding hydrogens is 472 g/mol. The van der Waals surface area contributed by atoms with Crippen LogP contribution >= 0.6 is 15.9 Å². The van der Waals surface area contributed by atoms with Crippen molar-refractivity contribution in [2.75, 3.05) is 33.3 Å². The number of nitrogens with zero attached hydrogens (tertiary/aromatic N) is 1. The molecule has 0 aliphatic carbocycles. The van der Waals surface area contributed by atoms with E-state index in [0.717, 1.165) is 41.8 Å². The number of halogens is 1. The lowest BCUT2D eigenvalue weighted by atomic mass is 9.98. The number of benzene rings is 2. The maximum Gasteiger partial charge on any atom is 0.290 e. The highest BCUT2D eigenvalue weighted by Crippen LogP contribution is 2.38. The van der Waals surface area contributed by atoms with Gasteiger partial charge < -0.3 is 19.0 Å². The summed E-state index contributed by atoms with van der Waals surface area (Å²) in [6.45, 7) is 7.96. The minimum atomic E-state index is -0.477. The second-order valence-electron chi connectivity index (χ2n) is 8.05. The van der Waals surface area contributed by atoms with E-state index in [4.69, 9.17) is 9.15 Å². The first-order valence-corrected chi connectivity index (χ1v) is 11.8. The van der Waals surface area contributed by atoms with E-state index in [9.17, 15) is 9.59 Å². The molecular formula is C25H28BrN2O4+.